The molecule has 2 aromatic rings. The lowest BCUT2D eigenvalue weighted by atomic mass is 9.55. The van der Waals surface area contributed by atoms with Crippen molar-refractivity contribution in [2.75, 3.05) is 48.0 Å². The largest absolute Gasteiger partial charge is 0.497 e. The molecule has 1 heterocycles. The number of fused-ring (bicyclic) bond motifs is 1. The minimum Gasteiger partial charge on any atom is -0.497 e. The van der Waals surface area contributed by atoms with Crippen molar-refractivity contribution in [3.05, 3.63) is 65.7 Å². The van der Waals surface area contributed by atoms with E-state index in [1.165, 1.54) is 24.9 Å². The quantitative estimate of drug-likeness (QED) is 0.429. The van der Waals surface area contributed by atoms with Crippen LogP contribution in [0.1, 0.15) is 49.7 Å². The van der Waals surface area contributed by atoms with Crippen LogP contribution in [0, 0.1) is 5.92 Å². The molecule has 2 aliphatic carbocycles. The molecular weight excluding hydrogens is 476 g/mol. The first-order valence-electron chi connectivity index (χ1n) is 13.9. The van der Waals surface area contributed by atoms with Gasteiger partial charge in [-0.1, -0.05) is 24.3 Å². The van der Waals surface area contributed by atoms with Crippen LogP contribution in [-0.4, -0.2) is 75.4 Å². The molecule has 6 heteroatoms. The molecule has 0 N–H and O–H groups in total. The lowest BCUT2D eigenvalue weighted by molar-refractivity contribution is -0.159. The topological polar surface area (TPSA) is 51.2 Å². The molecule has 0 aromatic heterocycles. The molecule has 3 atom stereocenters. The number of ether oxygens (including phenoxy) is 3. The Hall–Kier alpha value is -2.83. The van der Waals surface area contributed by atoms with Crippen LogP contribution in [0.4, 0.5) is 0 Å². The average molecular weight is 519 g/mol. The number of nitrogens with zero attached hydrogens (tertiary/aromatic N) is 2. The Morgan fingerprint density at radius 1 is 1.03 bits per heavy atom. The van der Waals surface area contributed by atoms with E-state index in [-0.39, 0.29) is 23.0 Å². The van der Waals surface area contributed by atoms with E-state index in [2.05, 4.69) is 23.1 Å². The predicted octanol–water partition coefficient (Wildman–Crippen LogP) is 5.17. The Kier molecular flexibility index (Phi) is 7.83. The lowest BCUT2D eigenvalue weighted by Crippen LogP contribution is -2.68. The fourth-order valence-electron chi connectivity index (χ4n) is 6.85. The molecule has 1 saturated heterocycles. The minimum atomic E-state index is -0.288. The number of methoxy groups -OCH3 is 3. The highest BCUT2D eigenvalue weighted by atomic mass is 16.5. The second-order valence-electron chi connectivity index (χ2n) is 11.4. The Labute approximate surface area is 227 Å². The lowest BCUT2D eigenvalue weighted by Gasteiger charge is -2.60. The number of hydrogen-bond acceptors (Lipinski definition) is 5. The molecule has 3 fully saturated rings. The molecule has 6 nitrogen and oxygen atoms in total. The van der Waals surface area contributed by atoms with Crippen molar-refractivity contribution in [3.63, 3.8) is 0 Å². The van der Waals surface area contributed by atoms with E-state index >= 15 is 0 Å². The van der Waals surface area contributed by atoms with Gasteiger partial charge in [0.1, 0.15) is 11.5 Å². The highest BCUT2D eigenvalue weighted by Crippen LogP contribution is 2.54. The summed E-state index contributed by atoms with van der Waals surface area (Å²) in [5, 5.41) is 0. The Bertz CT molecular complexity index is 1160. The van der Waals surface area contributed by atoms with Gasteiger partial charge in [-0.2, -0.15) is 0 Å². The molecule has 5 rings (SSSR count). The zero-order valence-corrected chi connectivity index (χ0v) is 23.3. The first kappa shape index (κ1) is 26.8. The number of amides is 1. The SMILES string of the molecule is COc1cccc(/C=C/C(=O)N(C)C2CCC3(OC)CN(CC4CC4)CCC3(c3cccc(OC)c3)C2)c1. The molecule has 0 bridgehead atoms. The van der Waals surface area contributed by atoms with Crippen molar-refractivity contribution >= 4 is 12.0 Å². The normalized spacial score (nSPS) is 27.6. The molecule has 1 amide bonds. The van der Waals surface area contributed by atoms with Gasteiger partial charge in [0.05, 0.1) is 19.8 Å². The molecular formula is C32H42N2O4. The fraction of sp³-hybridized carbons (Fsp3) is 0.531. The Morgan fingerprint density at radius 3 is 2.47 bits per heavy atom. The number of carbonyl (C=O) groups excluding carboxylic acids is 1. The molecule has 2 saturated carbocycles. The molecule has 204 valence electrons. The summed E-state index contributed by atoms with van der Waals surface area (Å²) in [6, 6.07) is 16.4. The van der Waals surface area contributed by atoms with Crippen molar-refractivity contribution in [1.82, 2.24) is 9.80 Å². The Morgan fingerprint density at radius 2 is 1.76 bits per heavy atom. The number of likely N-dealkylation sites (N-methyl/N-ethyl adjacent to an activating group) is 1. The van der Waals surface area contributed by atoms with Crippen LogP contribution in [0.3, 0.4) is 0 Å². The molecule has 0 radical (unpaired) electrons. The monoisotopic (exact) mass is 518 g/mol. The fourth-order valence-corrected chi connectivity index (χ4v) is 6.85. The number of hydrogen-bond donors (Lipinski definition) is 0. The van der Waals surface area contributed by atoms with Crippen LogP contribution < -0.4 is 9.47 Å². The van der Waals surface area contributed by atoms with E-state index in [1.807, 2.05) is 55.5 Å². The average Bonchev–Trinajstić information content (AvgIpc) is 3.79. The van der Waals surface area contributed by atoms with Crippen LogP contribution >= 0.6 is 0 Å². The number of rotatable bonds is 9. The first-order chi connectivity index (χ1) is 18.4. The van der Waals surface area contributed by atoms with E-state index < -0.39 is 0 Å². The third-order valence-corrected chi connectivity index (χ3v) is 9.31. The number of piperidine rings is 1. The molecule has 3 unspecified atom stereocenters. The van der Waals surface area contributed by atoms with Crippen molar-refractivity contribution < 1.29 is 19.0 Å². The van der Waals surface area contributed by atoms with Crippen LogP contribution in [-0.2, 0) is 14.9 Å². The maximum Gasteiger partial charge on any atom is 0.246 e. The number of benzene rings is 2. The van der Waals surface area contributed by atoms with Crippen LogP contribution in [0.15, 0.2) is 54.6 Å². The standard InChI is InChI=1S/C32H42N2O4/c1-33(30(35)14-13-24-7-5-9-28(19-24)36-2)27-15-16-32(38-4)23-34(22-25-11-12-25)18-17-31(32,21-27)26-8-6-10-29(20-26)37-3/h5-10,13-14,19-20,25,27H,11-12,15-18,21-23H2,1-4H3/b14-13+. The van der Waals surface area contributed by atoms with Crippen molar-refractivity contribution in [3.8, 4) is 11.5 Å². The van der Waals surface area contributed by atoms with Gasteiger partial charge in [0.2, 0.25) is 5.91 Å². The minimum absolute atomic E-state index is 0.0229. The summed E-state index contributed by atoms with van der Waals surface area (Å²) in [5.41, 5.74) is 1.74. The third kappa shape index (κ3) is 5.21. The Balaban J connectivity index is 1.41. The molecule has 38 heavy (non-hydrogen) atoms. The van der Waals surface area contributed by atoms with Gasteiger partial charge >= 0.3 is 0 Å². The summed E-state index contributed by atoms with van der Waals surface area (Å²) in [5.74, 6) is 2.53. The highest BCUT2D eigenvalue weighted by molar-refractivity contribution is 5.91. The third-order valence-electron chi connectivity index (χ3n) is 9.31. The summed E-state index contributed by atoms with van der Waals surface area (Å²) >= 11 is 0. The van der Waals surface area contributed by atoms with E-state index in [4.69, 9.17) is 14.2 Å². The summed E-state index contributed by atoms with van der Waals surface area (Å²) in [6.07, 6.45) is 10.0. The zero-order chi connectivity index (χ0) is 26.8. The molecule has 2 aromatic carbocycles. The highest BCUT2D eigenvalue weighted by Gasteiger charge is 2.59. The van der Waals surface area contributed by atoms with Gasteiger partial charge in [-0.25, -0.2) is 0 Å². The van der Waals surface area contributed by atoms with Gasteiger partial charge in [0, 0.05) is 44.8 Å². The number of carbonyl (C=O) groups is 1. The maximum atomic E-state index is 13.3. The van der Waals surface area contributed by atoms with Crippen molar-refractivity contribution in [2.45, 2.75) is 55.6 Å². The van der Waals surface area contributed by atoms with Gasteiger partial charge < -0.3 is 24.0 Å². The maximum absolute atomic E-state index is 13.3. The van der Waals surface area contributed by atoms with Crippen LogP contribution in [0.2, 0.25) is 0 Å². The summed E-state index contributed by atoms with van der Waals surface area (Å²) in [7, 11) is 7.22. The second-order valence-corrected chi connectivity index (χ2v) is 11.4. The van der Waals surface area contributed by atoms with E-state index in [0.717, 1.165) is 61.8 Å². The van der Waals surface area contributed by atoms with Crippen molar-refractivity contribution in [1.29, 1.82) is 0 Å². The summed E-state index contributed by atoms with van der Waals surface area (Å²) in [6.45, 7) is 3.17. The van der Waals surface area contributed by atoms with Gasteiger partial charge in [-0.05, 0) is 92.5 Å². The predicted molar refractivity (Wildman–Crippen MR) is 151 cm³/mol. The van der Waals surface area contributed by atoms with Crippen LogP contribution in [0.25, 0.3) is 6.08 Å². The summed E-state index contributed by atoms with van der Waals surface area (Å²) in [4.78, 5) is 17.9. The first-order valence-corrected chi connectivity index (χ1v) is 13.9. The van der Waals surface area contributed by atoms with Gasteiger partial charge in [-0.3, -0.25) is 4.79 Å². The zero-order valence-electron chi connectivity index (χ0n) is 23.3. The van der Waals surface area contributed by atoms with E-state index in [9.17, 15) is 4.79 Å². The number of likely N-dealkylation sites (tertiary alicyclic amines) is 1. The smallest absolute Gasteiger partial charge is 0.246 e. The van der Waals surface area contributed by atoms with E-state index in [0.29, 0.717) is 0 Å². The van der Waals surface area contributed by atoms with Gasteiger partial charge in [0.15, 0.2) is 0 Å². The molecule has 0 spiro atoms. The van der Waals surface area contributed by atoms with Crippen LogP contribution in [0.5, 0.6) is 11.5 Å². The van der Waals surface area contributed by atoms with Crippen molar-refractivity contribution in [2.24, 2.45) is 5.92 Å². The second kappa shape index (κ2) is 11.1. The van der Waals surface area contributed by atoms with E-state index in [1.54, 1.807) is 20.3 Å². The van der Waals surface area contributed by atoms with Gasteiger partial charge in [0.25, 0.3) is 0 Å². The molecule has 3 aliphatic rings. The van der Waals surface area contributed by atoms with Gasteiger partial charge in [-0.15, -0.1) is 0 Å². The summed E-state index contributed by atoms with van der Waals surface area (Å²) < 4.78 is 17.5. The molecule has 1 aliphatic heterocycles.